The van der Waals surface area contributed by atoms with Crippen molar-refractivity contribution in [2.75, 3.05) is 12.4 Å². The Morgan fingerprint density at radius 2 is 1.91 bits per heavy atom. The van der Waals surface area contributed by atoms with Gasteiger partial charge in [-0.3, -0.25) is 4.79 Å². The summed E-state index contributed by atoms with van der Waals surface area (Å²) in [5, 5.41) is 13.9. The maximum absolute atomic E-state index is 15.2. The number of aryl methyl sites for hydroxylation is 2. The zero-order valence-electron chi connectivity index (χ0n) is 19.9. The van der Waals surface area contributed by atoms with E-state index in [0.29, 0.717) is 27.7 Å². The van der Waals surface area contributed by atoms with Gasteiger partial charge in [-0.2, -0.15) is 0 Å². The molecule has 4 rings (SSSR count). The Morgan fingerprint density at radius 3 is 2.49 bits per heavy atom. The Hall–Kier alpha value is -4.13. The molecule has 1 heterocycles. The number of nitrogens with one attached hydrogen (secondary N) is 1. The number of carboxylic acids is 1. The van der Waals surface area contributed by atoms with Crippen molar-refractivity contribution in [3.05, 3.63) is 88.9 Å². The number of fused-ring (bicyclic) bond motifs is 2. The van der Waals surface area contributed by atoms with Crippen LogP contribution in [0.25, 0.3) is 22.2 Å². The number of aromatic carboxylic acids is 1. The van der Waals surface area contributed by atoms with Crippen LogP contribution < -0.4 is 11.1 Å². The number of carboxylic acid groups (broad SMARTS) is 1. The highest BCUT2D eigenvalue weighted by Gasteiger charge is 2.28. The molecule has 0 bridgehead atoms. The van der Waals surface area contributed by atoms with E-state index in [-0.39, 0.29) is 34.9 Å². The molecule has 0 atom stereocenters. The smallest absolute Gasteiger partial charge is 0.353 e. The Kier molecular flexibility index (Phi) is 6.35. The Balaban J connectivity index is 2.06. The van der Waals surface area contributed by atoms with Crippen molar-refractivity contribution in [2.45, 2.75) is 32.7 Å². The van der Waals surface area contributed by atoms with Crippen molar-refractivity contribution >= 4 is 39.6 Å². The fourth-order valence-corrected chi connectivity index (χ4v) is 4.95. The van der Waals surface area contributed by atoms with Crippen LogP contribution >= 0.6 is 0 Å². The SMILES string of the molecule is C=C/C=C(\C(C)=O)c1c(C(=O)O)n(Cc2cc(C(=C)N)c(NC)cc2F)c2cc3c(cc12)CCC3. The second-order valence-corrected chi connectivity index (χ2v) is 8.74. The van der Waals surface area contributed by atoms with Crippen molar-refractivity contribution in [3.8, 4) is 0 Å². The third-order valence-electron chi connectivity index (χ3n) is 6.54. The van der Waals surface area contributed by atoms with Crippen LogP contribution in [0, 0.1) is 5.82 Å². The van der Waals surface area contributed by atoms with Crippen LogP contribution in [-0.2, 0) is 24.2 Å². The molecular weight excluding hydrogens is 445 g/mol. The largest absolute Gasteiger partial charge is 0.477 e. The summed E-state index contributed by atoms with van der Waals surface area (Å²) in [5.41, 5.74) is 10.9. The second-order valence-electron chi connectivity index (χ2n) is 8.74. The van der Waals surface area contributed by atoms with Gasteiger partial charge in [-0.05, 0) is 61.6 Å². The van der Waals surface area contributed by atoms with Crippen LogP contribution in [0.5, 0.6) is 0 Å². The molecular formula is C28H28FN3O3. The number of nitrogens with two attached hydrogens (primary N) is 1. The van der Waals surface area contributed by atoms with Crippen molar-refractivity contribution in [1.29, 1.82) is 0 Å². The average molecular weight is 474 g/mol. The molecule has 0 unspecified atom stereocenters. The minimum Gasteiger partial charge on any atom is -0.477 e. The van der Waals surface area contributed by atoms with Gasteiger partial charge in [-0.1, -0.05) is 25.3 Å². The lowest BCUT2D eigenvalue weighted by molar-refractivity contribution is -0.111. The first-order chi connectivity index (χ1) is 16.7. The second kappa shape index (κ2) is 9.25. The number of carbonyl (C=O) groups excluding carboxylic acids is 1. The molecule has 0 fully saturated rings. The van der Waals surface area contributed by atoms with Gasteiger partial charge < -0.3 is 20.7 Å². The third kappa shape index (κ3) is 4.14. The number of Topliss-reactive ketones (excluding diaryl/α,β-unsaturated/α-hetero) is 1. The van der Waals surface area contributed by atoms with Crippen LogP contribution in [0.3, 0.4) is 0 Å². The molecule has 180 valence electrons. The molecule has 6 nitrogen and oxygen atoms in total. The van der Waals surface area contributed by atoms with Gasteiger partial charge >= 0.3 is 5.97 Å². The minimum absolute atomic E-state index is 0.0632. The molecule has 1 aliphatic carbocycles. The Morgan fingerprint density at radius 1 is 1.23 bits per heavy atom. The summed E-state index contributed by atoms with van der Waals surface area (Å²) in [5.74, 6) is -1.99. The quantitative estimate of drug-likeness (QED) is 0.311. The summed E-state index contributed by atoms with van der Waals surface area (Å²) in [4.78, 5) is 25.2. The Bertz CT molecular complexity index is 1450. The highest BCUT2D eigenvalue weighted by Crippen LogP contribution is 2.38. The topological polar surface area (TPSA) is 97.4 Å². The number of hydrogen-bond acceptors (Lipinski definition) is 4. The molecule has 0 saturated heterocycles. The summed E-state index contributed by atoms with van der Waals surface area (Å²) in [7, 11) is 1.66. The number of ketones is 1. The predicted octanol–water partition coefficient (Wildman–Crippen LogP) is 5.15. The maximum atomic E-state index is 15.2. The number of hydrogen-bond donors (Lipinski definition) is 3. The van der Waals surface area contributed by atoms with Gasteiger partial charge in [0.05, 0.1) is 6.54 Å². The summed E-state index contributed by atoms with van der Waals surface area (Å²) >= 11 is 0. The van der Waals surface area contributed by atoms with E-state index in [2.05, 4.69) is 18.5 Å². The summed E-state index contributed by atoms with van der Waals surface area (Å²) in [6, 6.07) is 6.86. The van der Waals surface area contributed by atoms with E-state index in [1.54, 1.807) is 17.7 Å². The van der Waals surface area contributed by atoms with E-state index in [9.17, 15) is 14.7 Å². The maximum Gasteiger partial charge on any atom is 0.353 e. The van der Waals surface area contributed by atoms with E-state index in [1.807, 2.05) is 12.1 Å². The number of halogens is 1. The predicted molar refractivity (Wildman–Crippen MR) is 138 cm³/mol. The first kappa shape index (κ1) is 24.0. The zero-order chi connectivity index (χ0) is 25.4. The molecule has 7 heteroatoms. The van der Waals surface area contributed by atoms with Crippen LogP contribution in [0.4, 0.5) is 10.1 Å². The number of aromatic nitrogens is 1. The highest BCUT2D eigenvalue weighted by molar-refractivity contribution is 6.25. The van der Waals surface area contributed by atoms with Crippen molar-refractivity contribution < 1.29 is 19.1 Å². The van der Waals surface area contributed by atoms with E-state index in [4.69, 9.17) is 5.73 Å². The lowest BCUT2D eigenvalue weighted by Crippen LogP contribution is -2.14. The van der Waals surface area contributed by atoms with Gasteiger partial charge in [0.25, 0.3) is 0 Å². The molecule has 1 aromatic heterocycles. The van der Waals surface area contributed by atoms with Crippen LogP contribution in [0.2, 0.25) is 0 Å². The summed E-state index contributed by atoms with van der Waals surface area (Å²) in [6.07, 6.45) is 5.78. The van der Waals surface area contributed by atoms with Gasteiger partial charge in [0, 0.05) is 51.6 Å². The number of benzene rings is 2. The number of nitrogens with zero attached hydrogens (tertiary/aromatic N) is 1. The van der Waals surface area contributed by atoms with Crippen LogP contribution in [0.15, 0.2) is 49.6 Å². The summed E-state index contributed by atoms with van der Waals surface area (Å²) < 4.78 is 16.8. The number of carbonyl (C=O) groups is 2. The molecule has 4 N–H and O–H groups in total. The van der Waals surface area contributed by atoms with Gasteiger partial charge in [0.1, 0.15) is 11.5 Å². The van der Waals surface area contributed by atoms with E-state index < -0.39 is 11.8 Å². The monoisotopic (exact) mass is 473 g/mol. The lowest BCUT2D eigenvalue weighted by atomic mass is 9.96. The Labute approximate surface area is 203 Å². The van der Waals surface area contributed by atoms with Crippen molar-refractivity contribution in [3.63, 3.8) is 0 Å². The lowest BCUT2D eigenvalue weighted by Gasteiger charge is -2.15. The van der Waals surface area contributed by atoms with Gasteiger partial charge in [-0.15, -0.1) is 0 Å². The number of allylic oxidation sites excluding steroid dienone is 3. The zero-order valence-corrected chi connectivity index (χ0v) is 19.9. The fraction of sp³-hybridized carbons (Fsp3) is 0.214. The highest BCUT2D eigenvalue weighted by atomic mass is 19.1. The third-order valence-corrected chi connectivity index (χ3v) is 6.54. The van der Waals surface area contributed by atoms with E-state index in [1.165, 1.54) is 25.1 Å². The van der Waals surface area contributed by atoms with Gasteiger partial charge in [-0.25, -0.2) is 9.18 Å². The van der Waals surface area contributed by atoms with Crippen molar-refractivity contribution in [2.24, 2.45) is 5.73 Å². The fourth-order valence-electron chi connectivity index (χ4n) is 4.95. The molecule has 0 saturated carbocycles. The van der Waals surface area contributed by atoms with E-state index in [0.717, 1.165) is 30.4 Å². The molecule has 35 heavy (non-hydrogen) atoms. The minimum atomic E-state index is -1.21. The molecule has 0 aliphatic heterocycles. The molecule has 3 aromatic rings. The van der Waals surface area contributed by atoms with Gasteiger partial charge in [0.15, 0.2) is 5.78 Å². The van der Waals surface area contributed by atoms with Crippen LogP contribution in [0.1, 0.15) is 51.7 Å². The first-order valence-corrected chi connectivity index (χ1v) is 11.4. The van der Waals surface area contributed by atoms with Gasteiger partial charge in [0.2, 0.25) is 0 Å². The summed E-state index contributed by atoms with van der Waals surface area (Å²) in [6.45, 7) is 8.80. The molecule has 0 spiro atoms. The number of anilines is 1. The van der Waals surface area contributed by atoms with Crippen molar-refractivity contribution in [1.82, 2.24) is 4.57 Å². The van der Waals surface area contributed by atoms with Crippen LogP contribution in [-0.4, -0.2) is 28.5 Å². The normalized spacial score (nSPS) is 13.1. The molecule has 2 aromatic carbocycles. The first-order valence-electron chi connectivity index (χ1n) is 11.4. The standard InChI is InChI=1S/C28H28FN3O3/c1-5-7-20(16(3)33)26-22-10-17-8-6-9-18(17)12-25(22)32(27(26)28(34)35)14-19-11-21(15(2)30)24(31-4)13-23(19)29/h5,7,10-13,31H,1-2,6,8-9,14,30H2,3-4H3,(H,34,35)/b20-7+. The number of rotatable bonds is 8. The average Bonchev–Trinajstić information content (AvgIpc) is 3.38. The molecule has 0 radical (unpaired) electrons. The van der Waals surface area contributed by atoms with E-state index >= 15 is 4.39 Å². The molecule has 1 aliphatic rings. The molecule has 0 amide bonds.